The Labute approximate surface area is 79.5 Å². The lowest BCUT2D eigenvalue weighted by Gasteiger charge is -1.98. The molecule has 1 aromatic rings. The summed E-state index contributed by atoms with van der Waals surface area (Å²) in [4.78, 5) is 9.91. The average molecular weight is 197 g/mol. The molecule has 0 fully saturated rings. The zero-order chi connectivity index (χ0) is 10.0. The molecule has 0 atom stereocenters. The van der Waals surface area contributed by atoms with Crippen molar-refractivity contribution in [1.29, 1.82) is 5.26 Å². The first kappa shape index (κ1) is 9.49. The van der Waals surface area contributed by atoms with Crippen molar-refractivity contribution in [1.82, 2.24) is 0 Å². The molecule has 0 unspecified atom stereocenters. The second-order valence-corrected chi connectivity index (χ2v) is 2.89. The van der Waals surface area contributed by atoms with Gasteiger partial charge in [0.2, 0.25) is 0 Å². The molecule has 0 spiro atoms. The van der Waals surface area contributed by atoms with Crippen LogP contribution in [0.1, 0.15) is 11.1 Å². The van der Waals surface area contributed by atoms with E-state index in [0.717, 1.165) is 0 Å². The third kappa shape index (κ3) is 1.76. The average Bonchev–Trinajstić information content (AvgIpc) is 2.07. The summed E-state index contributed by atoms with van der Waals surface area (Å²) in [6.07, 6.45) is 0. The Bertz CT molecular complexity index is 409. The molecule has 0 aliphatic rings. The van der Waals surface area contributed by atoms with Gasteiger partial charge < -0.3 is 0 Å². The highest BCUT2D eigenvalue weighted by Gasteiger charge is 2.13. The van der Waals surface area contributed by atoms with E-state index in [4.69, 9.17) is 16.9 Å². The Morgan fingerprint density at radius 3 is 2.69 bits per heavy atom. The highest BCUT2D eigenvalue weighted by atomic mass is 35.5. The van der Waals surface area contributed by atoms with Crippen LogP contribution in [0.2, 0.25) is 5.02 Å². The zero-order valence-corrected chi connectivity index (χ0v) is 7.50. The van der Waals surface area contributed by atoms with Crippen molar-refractivity contribution in [2.45, 2.75) is 6.92 Å². The Hall–Kier alpha value is -1.60. The fourth-order valence-corrected chi connectivity index (χ4v) is 1.15. The highest BCUT2D eigenvalue weighted by molar-refractivity contribution is 6.32. The van der Waals surface area contributed by atoms with Crippen LogP contribution in [0.15, 0.2) is 12.1 Å². The molecule has 1 rings (SSSR count). The first-order valence-corrected chi connectivity index (χ1v) is 3.78. The van der Waals surface area contributed by atoms with Gasteiger partial charge in [-0.15, -0.1) is 0 Å². The summed E-state index contributed by atoms with van der Waals surface area (Å²) in [6, 6.07) is 4.44. The quantitative estimate of drug-likeness (QED) is 0.512. The number of hydrogen-bond acceptors (Lipinski definition) is 3. The Morgan fingerprint density at radius 2 is 2.23 bits per heavy atom. The van der Waals surface area contributed by atoms with Crippen LogP contribution in [-0.4, -0.2) is 4.92 Å². The van der Waals surface area contributed by atoms with E-state index in [1.165, 1.54) is 12.1 Å². The third-order valence-electron chi connectivity index (χ3n) is 1.60. The first-order chi connectivity index (χ1) is 6.06. The number of halogens is 1. The number of aryl methyl sites for hydroxylation is 1. The lowest BCUT2D eigenvalue weighted by molar-refractivity contribution is -0.385. The van der Waals surface area contributed by atoms with Crippen LogP contribution in [0.3, 0.4) is 0 Å². The summed E-state index contributed by atoms with van der Waals surface area (Å²) in [5.41, 5.74) is 0.625. The SMILES string of the molecule is Cc1cc(C#N)c(Cl)cc1[N+](=O)[O-]. The van der Waals surface area contributed by atoms with Crippen LogP contribution >= 0.6 is 11.6 Å². The molecule has 0 aliphatic heterocycles. The predicted octanol–water partition coefficient (Wildman–Crippen LogP) is 2.43. The highest BCUT2D eigenvalue weighted by Crippen LogP contribution is 2.25. The van der Waals surface area contributed by atoms with Gasteiger partial charge in [-0.1, -0.05) is 11.6 Å². The normalized spacial score (nSPS) is 9.31. The summed E-state index contributed by atoms with van der Waals surface area (Å²) in [5, 5.41) is 19.1. The van der Waals surface area contributed by atoms with E-state index in [0.29, 0.717) is 5.56 Å². The lowest BCUT2D eigenvalue weighted by Crippen LogP contribution is -1.92. The van der Waals surface area contributed by atoms with Gasteiger partial charge in [0.15, 0.2) is 0 Å². The zero-order valence-electron chi connectivity index (χ0n) is 6.74. The molecule has 0 N–H and O–H groups in total. The van der Waals surface area contributed by atoms with Crippen molar-refractivity contribution in [2.24, 2.45) is 0 Å². The number of benzene rings is 1. The topological polar surface area (TPSA) is 66.9 Å². The van der Waals surface area contributed by atoms with Crippen molar-refractivity contribution in [2.75, 3.05) is 0 Å². The summed E-state index contributed by atoms with van der Waals surface area (Å²) in [5.74, 6) is 0. The van der Waals surface area contributed by atoms with Crippen molar-refractivity contribution in [3.8, 4) is 6.07 Å². The summed E-state index contributed by atoms with van der Waals surface area (Å²) < 4.78 is 0. The van der Waals surface area contributed by atoms with E-state index in [-0.39, 0.29) is 16.3 Å². The summed E-state index contributed by atoms with van der Waals surface area (Å²) in [6.45, 7) is 1.56. The van der Waals surface area contributed by atoms with Gasteiger partial charge in [-0.25, -0.2) is 0 Å². The molecule has 0 saturated carbocycles. The Balaban J connectivity index is 3.39. The molecule has 5 heteroatoms. The van der Waals surface area contributed by atoms with Crippen LogP contribution in [0.5, 0.6) is 0 Å². The standard InChI is InChI=1S/C8H5ClN2O2/c1-5-2-6(4-10)7(9)3-8(5)11(12)13/h2-3H,1H3. The molecule has 0 amide bonds. The van der Waals surface area contributed by atoms with Crippen LogP contribution in [-0.2, 0) is 0 Å². The number of nitrogens with zero attached hydrogens (tertiary/aromatic N) is 2. The maximum absolute atomic E-state index is 10.4. The second kappa shape index (κ2) is 3.42. The Morgan fingerprint density at radius 1 is 1.62 bits per heavy atom. The number of nitro benzene ring substituents is 1. The summed E-state index contributed by atoms with van der Waals surface area (Å²) >= 11 is 5.62. The molecule has 0 aliphatic carbocycles. The van der Waals surface area contributed by atoms with Gasteiger partial charge >= 0.3 is 0 Å². The van der Waals surface area contributed by atoms with Gasteiger partial charge in [-0.05, 0) is 13.0 Å². The van der Waals surface area contributed by atoms with Gasteiger partial charge in [0.25, 0.3) is 5.69 Å². The van der Waals surface area contributed by atoms with Crippen LogP contribution in [0.25, 0.3) is 0 Å². The fourth-order valence-electron chi connectivity index (χ4n) is 0.953. The van der Waals surface area contributed by atoms with E-state index in [1.807, 2.05) is 6.07 Å². The van der Waals surface area contributed by atoms with E-state index >= 15 is 0 Å². The predicted molar refractivity (Wildman–Crippen MR) is 47.6 cm³/mol. The molecular formula is C8H5ClN2O2. The van der Waals surface area contributed by atoms with Gasteiger partial charge in [0, 0.05) is 11.6 Å². The van der Waals surface area contributed by atoms with E-state index in [9.17, 15) is 10.1 Å². The molecular weight excluding hydrogens is 192 g/mol. The van der Waals surface area contributed by atoms with Crippen LogP contribution < -0.4 is 0 Å². The second-order valence-electron chi connectivity index (χ2n) is 2.49. The molecule has 4 nitrogen and oxygen atoms in total. The van der Waals surface area contributed by atoms with Crippen LogP contribution in [0, 0.1) is 28.4 Å². The van der Waals surface area contributed by atoms with E-state index in [1.54, 1.807) is 6.92 Å². The van der Waals surface area contributed by atoms with Crippen molar-refractivity contribution >= 4 is 17.3 Å². The number of rotatable bonds is 1. The molecule has 13 heavy (non-hydrogen) atoms. The van der Waals surface area contributed by atoms with E-state index < -0.39 is 4.92 Å². The molecule has 0 aromatic heterocycles. The minimum absolute atomic E-state index is 0.0657. The molecule has 66 valence electrons. The third-order valence-corrected chi connectivity index (χ3v) is 1.92. The molecule has 0 bridgehead atoms. The minimum atomic E-state index is -0.525. The van der Waals surface area contributed by atoms with Crippen molar-refractivity contribution in [3.63, 3.8) is 0 Å². The minimum Gasteiger partial charge on any atom is -0.258 e. The molecule has 1 aromatic carbocycles. The monoisotopic (exact) mass is 196 g/mol. The Kier molecular flexibility index (Phi) is 2.49. The van der Waals surface area contributed by atoms with Gasteiger partial charge in [0.1, 0.15) is 6.07 Å². The number of hydrogen-bond donors (Lipinski definition) is 0. The fraction of sp³-hybridized carbons (Fsp3) is 0.125. The summed E-state index contributed by atoms with van der Waals surface area (Å²) in [7, 11) is 0. The number of nitriles is 1. The van der Waals surface area contributed by atoms with Gasteiger partial charge in [-0.2, -0.15) is 5.26 Å². The number of nitro groups is 1. The maximum Gasteiger partial charge on any atom is 0.273 e. The molecule has 0 saturated heterocycles. The van der Waals surface area contributed by atoms with Gasteiger partial charge in [0.05, 0.1) is 15.5 Å². The van der Waals surface area contributed by atoms with Gasteiger partial charge in [-0.3, -0.25) is 10.1 Å². The smallest absolute Gasteiger partial charge is 0.258 e. The van der Waals surface area contributed by atoms with E-state index in [2.05, 4.69) is 0 Å². The lowest BCUT2D eigenvalue weighted by atomic mass is 10.1. The van der Waals surface area contributed by atoms with Crippen LogP contribution in [0.4, 0.5) is 5.69 Å². The maximum atomic E-state index is 10.4. The van der Waals surface area contributed by atoms with Crippen molar-refractivity contribution in [3.05, 3.63) is 38.4 Å². The molecule has 0 heterocycles. The molecule has 0 radical (unpaired) electrons. The van der Waals surface area contributed by atoms with Crippen molar-refractivity contribution < 1.29 is 4.92 Å². The largest absolute Gasteiger partial charge is 0.273 e. The first-order valence-electron chi connectivity index (χ1n) is 3.41.